The third-order valence-corrected chi connectivity index (χ3v) is 6.92. The number of pyridine rings is 1. The van der Waals surface area contributed by atoms with E-state index in [1.807, 2.05) is 30.3 Å². The van der Waals surface area contributed by atoms with E-state index < -0.39 is 35.3 Å². The minimum Gasteiger partial charge on any atom is -0.370 e. The van der Waals surface area contributed by atoms with Crippen LogP contribution >= 0.6 is 0 Å². The van der Waals surface area contributed by atoms with E-state index in [9.17, 15) is 22.8 Å². The molecular weight excluding hydrogens is 501 g/mol. The van der Waals surface area contributed by atoms with Crippen LogP contribution in [0.1, 0.15) is 60.1 Å². The van der Waals surface area contributed by atoms with Crippen molar-refractivity contribution in [2.45, 2.75) is 51.1 Å². The van der Waals surface area contributed by atoms with Crippen molar-refractivity contribution in [3.8, 4) is 0 Å². The van der Waals surface area contributed by atoms with E-state index in [0.717, 1.165) is 17.8 Å². The van der Waals surface area contributed by atoms with Gasteiger partial charge in [0.1, 0.15) is 22.6 Å². The third-order valence-electron chi connectivity index (χ3n) is 6.92. The van der Waals surface area contributed by atoms with E-state index >= 15 is 0 Å². The van der Waals surface area contributed by atoms with Crippen molar-refractivity contribution in [1.82, 2.24) is 24.7 Å². The topological polar surface area (TPSA) is 129 Å². The number of ether oxygens (including phenoxy) is 1. The lowest BCUT2D eigenvalue weighted by Gasteiger charge is -2.33. The first-order chi connectivity index (χ1) is 18.1. The Morgan fingerprint density at radius 2 is 1.95 bits per heavy atom. The van der Waals surface area contributed by atoms with Gasteiger partial charge in [-0.2, -0.15) is 18.3 Å². The summed E-state index contributed by atoms with van der Waals surface area (Å²) in [5, 5.41) is 4.81. The number of alkyl halides is 3. The molecule has 1 saturated carbocycles. The standard InChI is InChI=1S/C26H25F3N6O3/c1-14(16-7-10-20(31-11-16)26(27,28)29)35-24-21(19(34-35)13-38-12-15-5-3-2-4-6-15)25(37)33-23(32-24)18-9-8-17(18)22(30)36/h2-7,10-11,14,17-18H,8-9,12-13H2,1H3,(H2,30,36)(H,32,33,37)/t14-,17?,18?/m0/s1. The zero-order valence-corrected chi connectivity index (χ0v) is 20.4. The molecule has 1 fully saturated rings. The number of amides is 1. The summed E-state index contributed by atoms with van der Waals surface area (Å²) in [5.41, 5.74) is 6.02. The predicted molar refractivity (Wildman–Crippen MR) is 131 cm³/mol. The van der Waals surface area contributed by atoms with Gasteiger partial charge in [-0.25, -0.2) is 9.67 Å². The summed E-state index contributed by atoms with van der Waals surface area (Å²) in [5.74, 6) is -0.893. The van der Waals surface area contributed by atoms with Crippen LogP contribution in [0.4, 0.5) is 13.2 Å². The Kier molecular flexibility index (Phi) is 6.74. The van der Waals surface area contributed by atoms with Gasteiger partial charge in [-0.05, 0) is 37.0 Å². The Hall–Kier alpha value is -4.06. The molecule has 3 atom stereocenters. The molecule has 0 aliphatic heterocycles. The Morgan fingerprint density at radius 3 is 2.55 bits per heavy atom. The summed E-state index contributed by atoms with van der Waals surface area (Å²) in [4.78, 5) is 36.0. The highest BCUT2D eigenvalue weighted by Crippen LogP contribution is 2.41. The molecule has 1 aliphatic carbocycles. The number of nitrogens with one attached hydrogen (secondary N) is 1. The van der Waals surface area contributed by atoms with E-state index in [0.29, 0.717) is 36.5 Å². The van der Waals surface area contributed by atoms with Gasteiger partial charge in [0, 0.05) is 18.0 Å². The Morgan fingerprint density at radius 1 is 1.18 bits per heavy atom. The van der Waals surface area contributed by atoms with Gasteiger partial charge in [0.05, 0.1) is 19.3 Å². The van der Waals surface area contributed by atoms with Crippen LogP contribution in [-0.4, -0.2) is 30.6 Å². The van der Waals surface area contributed by atoms with Gasteiger partial charge in [0.15, 0.2) is 5.65 Å². The Labute approximate surface area is 214 Å². The lowest BCUT2D eigenvalue weighted by Crippen LogP contribution is -2.37. The SMILES string of the molecule is C[C@@H](c1ccc(C(F)(F)F)nc1)n1nc(COCc2ccccc2)c2c(=O)[nH]c(C3CCC3C(N)=O)nc21. The smallest absolute Gasteiger partial charge is 0.370 e. The third kappa shape index (κ3) is 4.91. The van der Waals surface area contributed by atoms with Crippen molar-refractivity contribution >= 4 is 16.9 Å². The van der Waals surface area contributed by atoms with Crippen LogP contribution in [-0.2, 0) is 28.9 Å². The normalized spacial score (nSPS) is 18.3. The molecule has 0 saturated heterocycles. The summed E-state index contributed by atoms with van der Waals surface area (Å²) in [7, 11) is 0. The summed E-state index contributed by atoms with van der Waals surface area (Å²) < 4.78 is 46.3. The molecule has 1 aromatic carbocycles. The molecule has 12 heteroatoms. The predicted octanol–water partition coefficient (Wildman–Crippen LogP) is 3.84. The summed E-state index contributed by atoms with van der Waals surface area (Å²) in [6.07, 6.45) is -2.18. The number of fused-ring (bicyclic) bond motifs is 1. The molecule has 0 bridgehead atoms. The first kappa shape index (κ1) is 25.6. The number of carbonyl (C=O) groups is 1. The van der Waals surface area contributed by atoms with Crippen molar-refractivity contribution in [3.63, 3.8) is 0 Å². The zero-order valence-electron chi connectivity index (χ0n) is 20.4. The Bertz CT molecular complexity index is 1520. The molecule has 1 amide bonds. The zero-order chi connectivity index (χ0) is 27.0. The second-order valence-corrected chi connectivity index (χ2v) is 9.36. The molecular formula is C26H25F3N6O3. The minimum atomic E-state index is -4.56. The lowest BCUT2D eigenvalue weighted by atomic mass is 9.72. The highest BCUT2D eigenvalue weighted by Gasteiger charge is 2.38. The van der Waals surface area contributed by atoms with Gasteiger partial charge in [0.25, 0.3) is 5.56 Å². The summed E-state index contributed by atoms with van der Waals surface area (Å²) >= 11 is 0. The number of nitrogens with zero attached hydrogens (tertiary/aromatic N) is 4. The number of aromatic nitrogens is 5. The number of rotatable bonds is 8. The van der Waals surface area contributed by atoms with Crippen LogP contribution in [0.5, 0.6) is 0 Å². The molecule has 5 rings (SSSR count). The fraction of sp³-hybridized carbons (Fsp3) is 0.346. The fourth-order valence-corrected chi connectivity index (χ4v) is 4.65. The van der Waals surface area contributed by atoms with Crippen molar-refractivity contribution in [2.75, 3.05) is 0 Å². The number of carbonyl (C=O) groups excluding carboxylic acids is 1. The molecule has 3 heterocycles. The van der Waals surface area contributed by atoms with Crippen LogP contribution in [0.2, 0.25) is 0 Å². The molecule has 9 nitrogen and oxygen atoms in total. The van der Waals surface area contributed by atoms with E-state index in [4.69, 9.17) is 10.5 Å². The Balaban J connectivity index is 1.53. The highest BCUT2D eigenvalue weighted by molar-refractivity contribution is 5.80. The van der Waals surface area contributed by atoms with E-state index in [1.165, 1.54) is 10.7 Å². The maximum atomic E-state index is 13.2. The number of nitrogens with two attached hydrogens (primary N) is 1. The average molecular weight is 527 g/mol. The van der Waals surface area contributed by atoms with Gasteiger partial charge in [0.2, 0.25) is 5.91 Å². The number of benzene rings is 1. The van der Waals surface area contributed by atoms with Crippen LogP contribution < -0.4 is 11.3 Å². The monoisotopic (exact) mass is 526 g/mol. The van der Waals surface area contributed by atoms with Crippen molar-refractivity contribution < 1.29 is 22.7 Å². The second kappa shape index (κ2) is 10.0. The number of hydrogen-bond donors (Lipinski definition) is 2. The lowest BCUT2D eigenvalue weighted by molar-refractivity contribution is -0.141. The molecule has 4 aromatic rings. The van der Waals surface area contributed by atoms with Crippen molar-refractivity contribution in [1.29, 1.82) is 0 Å². The molecule has 3 N–H and O–H groups in total. The van der Waals surface area contributed by atoms with E-state index in [2.05, 4.69) is 20.1 Å². The molecule has 2 unspecified atom stereocenters. The van der Waals surface area contributed by atoms with Gasteiger partial charge in [-0.3, -0.25) is 14.6 Å². The maximum Gasteiger partial charge on any atom is 0.433 e. The highest BCUT2D eigenvalue weighted by atomic mass is 19.4. The van der Waals surface area contributed by atoms with Gasteiger partial charge in [-0.15, -0.1) is 0 Å². The number of aromatic amines is 1. The van der Waals surface area contributed by atoms with Crippen LogP contribution in [0.15, 0.2) is 53.5 Å². The molecule has 0 radical (unpaired) electrons. The van der Waals surface area contributed by atoms with Gasteiger partial charge in [-0.1, -0.05) is 36.4 Å². The number of primary amides is 1. The average Bonchev–Trinajstić information content (AvgIpc) is 3.21. The molecule has 38 heavy (non-hydrogen) atoms. The van der Waals surface area contributed by atoms with Gasteiger partial charge >= 0.3 is 6.18 Å². The number of H-pyrrole nitrogens is 1. The minimum absolute atomic E-state index is 0.00776. The van der Waals surface area contributed by atoms with E-state index in [1.54, 1.807) is 6.92 Å². The first-order valence-electron chi connectivity index (χ1n) is 12.1. The van der Waals surface area contributed by atoms with Gasteiger partial charge < -0.3 is 15.5 Å². The van der Waals surface area contributed by atoms with Crippen molar-refractivity contribution in [2.24, 2.45) is 11.7 Å². The van der Waals surface area contributed by atoms with Crippen molar-refractivity contribution in [3.05, 3.63) is 87.4 Å². The number of hydrogen-bond acceptors (Lipinski definition) is 6. The summed E-state index contributed by atoms with van der Waals surface area (Å²) in [6, 6.07) is 11.1. The van der Waals surface area contributed by atoms with Crippen LogP contribution in [0, 0.1) is 5.92 Å². The number of halogens is 3. The maximum absolute atomic E-state index is 13.2. The summed E-state index contributed by atoms with van der Waals surface area (Å²) in [6.45, 7) is 2.02. The fourth-order valence-electron chi connectivity index (χ4n) is 4.65. The second-order valence-electron chi connectivity index (χ2n) is 9.36. The first-order valence-corrected chi connectivity index (χ1v) is 12.1. The molecule has 198 valence electrons. The molecule has 0 spiro atoms. The quantitative estimate of drug-likeness (QED) is 0.359. The van der Waals surface area contributed by atoms with Crippen LogP contribution in [0.3, 0.4) is 0 Å². The molecule has 1 aliphatic rings. The largest absolute Gasteiger partial charge is 0.433 e. The molecule has 3 aromatic heterocycles. The van der Waals surface area contributed by atoms with E-state index in [-0.39, 0.29) is 23.6 Å². The van der Waals surface area contributed by atoms with Crippen LogP contribution in [0.25, 0.3) is 11.0 Å².